The molecule has 0 atom stereocenters. The molecule has 0 saturated carbocycles. The lowest BCUT2D eigenvalue weighted by Gasteiger charge is -2.08. The molecule has 2 heterocycles. The van der Waals surface area contributed by atoms with Crippen LogP contribution in [0, 0.1) is 6.92 Å². The van der Waals surface area contributed by atoms with Crippen LogP contribution in [0.3, 0.4) is 0 Å². The maximum Gasteiger partial charge on any atom is 0.232 e. The molecule has 0 fully saturated rings. The largest absolute Gasteiger partial charge is 0.437 e. The Morgan fingerprint density at radius 3 is 2.80 bits per heavy atom. The summed E-state index contributed by atoms with van der Waals surface area (Å²) < 4.78 is 6.84. The van der Waals surface area contributed by atoms with Gasteiger partial charge in [-0.1, -0.05) is 12.1 Å². The number of aryl methyl sites for hydroxylation is 1. The number of aromatic nitrogens is 2. The molecule has 0 aliphatic rings. The first-order valence-electron chi connectivity index (χ1n) is 6.05. The van der Waals surface area contributed by atoms with Gasteiger partial charge in [-0.15, -0.1) is 11.3 Å². The zero-order valence-electron chi connectivity index (χ0n) is 11.0. The van der Waals surface area contributed by atoms with Crippen LogP contribution >= 0.6 is 27.3 Å². The second kappa shape index (κ2) is 5.38. The van der Waals surface area contributed by atoms with Crippen LogP contribution in [-0.4, -0.2) is 17.0 Å². The lowest BCUT2D eigenvalue weighted by molar-refractivity contribution is 0.466. The predicted octanol–water partition coefficient (Wildman–Crippen LogP) is 4.60. The number of nitrogens with zero attached hydrogens (tertiary/aromatic N) is 2. The quantitative estimate of drug-likeness (QED) is 0.750. The number of benzene rings is 1. The summed E-state index contributed by atoms with van der Waals surface area (Å²) >= 11 is 5.10. The van der Waals surface area contributed by atoms with Gasteiger partial charge in [0.1, 0.15) is 10.6 Å². The van der Waals surface area contributed by atoms with Crippen LogP contribution in [0.15, 0.2) is 34.8 Å². The van der Waals surface area contributed by atoms with Gasteiger partial charge >= 0.3 is 0 Å². The first-order chi connectivity index (χ1) is 9.67. The highest BCUT2D eigenvalue weighted by Crippen LogP contribution is 2.35. The average molecular weight is 350 g/mol. The molecule has 0 unspecified atom stereocenters. The first kappa shape index (κ1) is 13.3. The van der Waals surface area contributed by atoms with Crippen molar-refractivity contribution < 1.29 is 4.74 Å². The number of anilines is 1. The summed E-state index contributed by atoms with van der Waals surface area (Å²) in [5.74, 6) is 1.86. The zero-order chi connectivity index (χ0) is 14.1. The number of thiophene rings is 1. The van der Waals surface area contributed by atoms with Crippen molar-refractivity contribution in [3.8, 4) is 11.6 Å². The van der Waals surface area contributed by atoms with E-state index in [9.17, 15) is 0 Å². The maximum absolute atomic E-state index is 5.95. The van der Waals surface area contributed by atoms with Gasteiger partial charge in [0.15, 0.2) is 0 Å². The Bertz CT molecular complexity index is 772. The van der Waals surface area contributed by atoms with Crippen molar-refractivity contribution in [1.29, 1.82) is 0 Å². The van der Waals surface area contributed by atoms with Crippen LogP contribution in [0.1, 0.15) is 4.88 Å². The summed E-state index contributed by atoms with van der Waals surface area (Å²) in [6, 6.07) is 9.75. The van der Waals surface area contributed by atoms with Gasteiger partial charge in [-0.25, -0.2) is 4.98 Å². The van der Waals surface area contributed by atoms with E-state index in [1.165, 1.54) is 4.88 Å². The number of nitrogens with one attached hydrogen (secondary N) is 1. The van der Waals surface area contributed by atoms with Gasteiger partial charge in [-0.2, -0.15) is 4.98 Å². The lowest BCUT2D eigenvalue weighted by Crippen LogP contribution is -1.98. The fraction of sp³-hybridized carbons (Fsp3) is 0.143. The van der Waals surface area contributed by atoms with Crippen LogP contribution in [0.5, 0.6) is 11.6 Å². The van der Waals surface area contributed by atoms with Gasteiger partial charge in [0, 0.05) is 11.9 Å². The molecule has 0 radical (unpaired) electrons. The van der Waals surface area contributed by atoms with Crippen molar-refractivity contribution in [2.24, 2.45) is 0 Å². The van der Waals surface area contributed by atoms with Crippen LogP contribution < -0.4 is 10.1 Å². The second-order valence-corrected chi connectivity index (χ2v) is 6.30. The fourth-order valence-corrected chi connectivity index (χ4v) is 3.07. The van der Waals surface area contributed by atoms with E-state index in [2.05, 4.69) is 31.2 Å². The molecule has 3 rings (SSSR count). The minimum absolute atomic E-state index is 0.557. The number of para-hydroxylation sites is 1. The van der Waals surface area contributed by atoms with Crippen molar-refractivity contribution in [3.05, 3.63) is 39.7 Å². The Labute approximate surface area is 129 Å². The number of rotatable bonds is 3. The molecular formula is C14H12BrN3OS. The Kier molecular flexibility index (Phi) is 3.58. The Hall–Kier alpha value is -1.66. The Morgan fingerprint density at radius 1 is 1.25 bits per heavy atom. The molecule has 6 heteroatoms. The van der Waals surface area contributed by atoms with E-state index in [1.807, 2.05) is 37.3 Å². The van der Waals surface area contributed by atoms with Gasteiger partial charge in [0.2, 0.25) is 11.8 Å². The summed E-state index contributed by atoms with van der Waals surface area (Å²) in [4.78, 5) is 11.0. The van der Waals surface area contributed by atoms with Crippen molar-refractivity contribution >= 4 is 43.4 Å². The minimum Gasteiger partial charge on any atom is -0.437 e. The summed E-state index contributed by atoms with van der Waals surface area (Å²) in [5, 5.41) is 3.89. The number of hydrogen-bond donors (Lipinski definition) is 1. The summed E-state index contributed by atoms with van der Waals surface area (Å²) in [5.41, 5.74) is 0. The lowest BCUT2D eigenvalue weighted by atomic mass is 10.3. The summed E-state index contributed by atoms with van der Waals surface area (Å²) in [7, 11) is 1.80. The molecule has 0 aliphatic carbocycles. The number of ether oxygens (including phenoxy) is 1. The molecule has 0 aliphatic heterocycles. The standard InChI is InChI=1S/C14H12BrN3OS/c1-8-7-9-12(17-14(16-2)18-13(9)20-8)19-11-6-4-3-5-10(11)15/h3-7H,1-2H3,(H,16,17,18). The molecule has 1 N–H and O–H groups in total. The van der Waals surface area contributed by atoms with Crippen LogP contribution in [0.25, 0.3) is 10.2 Å². The van der Waals surface area contributed by atoms with E-state index in [4.69, 9.17) is 4.74 Å². The third-order valence-corrected chi connectivity index (χ3v) is 4.35. The number of hydrogen-bond acceptors (Lipinski definition) is 5. The van der Waals surface area contributed by atoms with E-state index < -0.39 is 0 Å². The molecule has 0 amide bonds. The fourth-order valence-electron chi connectivity index (χ4n) is 1.84. The highest BCUT2D eigenvalue weighted by Gasteiger charge is 2.13. The third kappa shape index (κ3) is 2.48. The molecule has 20 heavy (non-hydrogen) atoms. The van der Waals surface area contributed by atoms with Gasteiger partial charge < -0.3 is 10.1 Å². The molecule has 0 bridgehead atoms. The highest BCUT2D eigenvalue weighted by atomic mass is 79.9. The molecule has 3 aromatic rings. The van der Waals surface area contributed by atoms with Crippen molar-refractivity contribution in [2.75, 3.05) is 12.4 Å². The average Bonchev–Trinajstić information content (AvgIpc) is 2.81. The molecule has 102 valence electrons. The molecule has 0 saturated heterocycles. The predicted molar refractivity (Wildman–Crippen MR) is 85.9 cm³/mol. The van der Waals surface area contributed by atoms with Gasteiger partial charge in [0.05, 0.1) is 9.86 Å². The topological polar surface area (TPSA) is 47.0 Å². The minimum atomic E-state index is 0.557. The van der Waals surface area contributed by atoms with Gasteiger partial charge in [0.25, 0.3) is 0 Å². The zero-order valence-corrected chi connectivity index (χ0v) is 13.4. The SMILES string of the molecule is CNc1nc(Oc2ccccc2Br)c2cc(C)sc2n1. The molecule has 4 nitrogen and oxygen atoms in total. The molecule has 0 spiro atoms. The normalized spacial score (nSPS) is 10.8. The maximum atomic E-state index is 5.95. The first-order valence-corrected chi connectivity index (χ1v) is 7.66. The Morgan fingerprint density at radius 2 is 2.05 bits per heavy atom. The Balaban J connectivity index is 2.12. The van der Waals surface area contributed by atoms with E-state index in [0.717, 1.165) is 20.4 Å². The van der Waals surface area contributed by atoms with Crippen LogP contribution in [0.2, 0.25) is 0 Å². The highest BCUT2D eigenvalue weighted by molar-refractivity contribution is 9.10. The number of halogens is 1. The van der Waals surface area contributed by atoms with Crippen LogP contribution in [0.4, 0.5) is 5.95 Å². The van der Waals surface area contributed by atoms with E-state index in [0.29, 0.717) is 11.8 Å². The van der Waals surface area contributed by atoms with E-state index in [-0.39, 0.29) is 0 Å². The summed E-state index contributed by atoms with van der Waals surface area (Å²) in [6.07, 6.45) is 0. The van der Waals surface area contributed by atoms with E-state index >= 15 is 0 Å². The van der Waals surface area contributed by atoms with Crippen LogP contribution in [-0.2, 0) is 0 Å². The van der Waals surface area contributed by atoms with Crippen molar-refractivity contribution in [2.45, 2.75) is 6.92 Å². The summed E-state index contributed by atoms with van der Waals surface area (Å²) in [6.45, 7) is 2.05. The second-order valence-electron chi connectivity index (χ2n) is 4.21. The van der Waals surface area contributed by atoms with E-state index in [1.54, 1.807) is 18.4 Å². The molecular weight excluding hydrogens is 338 g/mol. The third-order valence-electron chi connectivity index (χ3n) is 2.75. The van der Waals surface area contributed by atoms with Gasteiger partial charge in [-0.3, -0.25) is 0 Å². The monoisotopic (exact) mass is 349 g/mol. The van der Waals surface area contributed by atoms with Crippen molar-refractivity contribution in [3.63, 3.8) is 0 Å². The van der Waals surface area contributed by atoms with Crippen molar-refractivity contribution in [1.82, 2.24) is 9.97 Å². The van der Waals surface area contributed by atoms with Gasteiger partial charge in [-0.05, 0) is 41.1 Å². The molecule has 2 aromatic heterocycles. The number of fused-ring (bicyclic) bond motifs is 1. The molecule has 1 aromatic carbocycles. The smallest absolute Gasteiger partial charge is 0.232 e.